The van der Waals surface area contributed by atoms with E-state index in [2.05, 4.69) is 15.2 Å². The highest BCUT2D eigenvalue weighted by atomic mass is 32.2. The van der Waals surface area contributed by atoms with Crippen molar-refractivity contribution in [2.75, 3.05) is 57.5 Å². The zero-order valence-corrected chi connectivity index (χ0v) is 20.3. The fraction of sp³-hybridized carbons (Fsp3) is 0.429. The van der Waals surface area contributed by atoms with Crippen LogP contribution in [0.2, 0.25) is 0 Å². The van der Waals surface area contributed by atoms with Crippen molar-refractivity contribution in [2.45, 2.75) is 11.3 Å². The SMILES string of the molecule is CN(C)S(=O)(=O)c1ccc(C(=O)NCCCS(=O)(=O)N2CCN(c3ccccn3)CC2)cc1. The first kappa shape index (κ1) is 25.1. The Kier molecular flexibility index (Phi) is 8.05. The topological polar surface area (TPSA) is 120 Å². The molecule has 1 N–H and O–H groups in total. The number of hydrogen-bond donors (Lipinski definition) is 1. The summed E-state index contributed by atoms with van der Waals surface area (Å²) in [6.07, 6.45) is 1.99. The monoisotopic (exact) mass is 495 g/mol. The molecule has 0 atom stereocenters. The van der Waals surface area contributed by atoms with Crippen molar-refractivity contribution in [2.24, 2.45) is 0 Å². The minimum atomic E-state index is -3.56. The van der Waals surface area contributed by atoms with Crippen LogP contribution in [0.1, 0.15) is 16.8 Å². The molecule has 0 radical (unpaired) electrons. The summed E-state index contributed by atoms with van der Waals surface area (Å²) in [5.74, 6) is 0.395. The molecule has 3 rings (SSSR count). The number of piperazine rings is 1. The Balaban J connectivity index is 1.44. The van der Waals surface area contributed by atoms with Crippen LogP contribution in [0.25, 0.3) is 0 Å². The Bertz CT molecular complexity index is 1150. The molecule has 1 aliphatic rings. The summed E-state index contributed by atoms with van der Waals surface area (Å²) in [5, 5.41) is 2.69. The zero-order chi connectivity index (χ0) is 24.1. The summed E-state index contributed by atoms with van der Waals surface area (Å²) in [6.45, 7) is 2.14. The highest BCUT2D eigenvalue weighted by Gasteiger charge is 2.27. The van der Waals surface area contributed by atoms with Gasteiger partial charge in [-0.15, -0.1) is 0 Å². The molecule has 2 aromatic rings. The van der Waals surface area contributed by atoms with Crippen LogP contribution in [0.4, 0.5) is 5.82 Å². The predicted octanol–water partition coefficient (Wildman–Crippen LogP) is 0.604. The minimum absolute atomic E-state index is 0.0586. The van der Waals surface area contributed by atoms with E-state index in [9.17, 15) is 21.6 Å². The molecule has 1 aromatic heterocycles. The van der Waals surface area contributed by atoms with Gasteiger partial charge in [-0.1, -0.05) is 6.07 Å². The second-order valence-corrected chi connectivity index (χ2v) is 12.1. The number of carbonyl (C=O) groups is 1. The van der Waals surface area contributed by atoms with Crippen LogP contribution in [0.15, 0.2) is 53.6 Å². The smallest absolute Gasteiger partial charge is 0.251 e. The summed E-state index contributed by atoms with van der Waals surface area (Å²) in [5.41, 5.74) is 0.307. The van der Waals surface area contributed by atoms with Crippen LogP contribution in [0.5, 0.6) is 0 Å². The molecule has 0 aliphatic carbocycles. The average molecular weight is 496 g/mol. The van der Waals surface area contributed by atoms with Crippen molar-refractivity contribution in [1.29, 1.82) is 0 Å². The molecule has 1 aliphatic heterocycles. The second kappa shape index (κ2) is 10.6. The average Bonchev–Trinajstić information content (AvgIpc) is 2.82. The molecule has 180 valence electrons. The number of sulfonamides is 2. The number of nitrogens with one attached hydrogen (secondary N) is 1. The van der Waals surface area contributed by atoms with Gasteiger partial charge in [0.25, 0.3) is 5.91 Å². The molecule has 0 bridgehead atoms. The van der Waals surface area contributed by atoms with E-state index in [0.717, 1.165) is 10.1 Å². The van der Waals surface area contributed by atoms with E-state index in [1.54, 1.807) is 6.20 Å². The first-order chi connectivity index (χ1) is 15.6. The molecule has 1 fully saturated rings. The van der Waals surface area contributed by atoms with Gasteiger partial charge >= 0.3 is 0 Å². The summed E-state index contributed by atoms with van der Waals surface area (Å²) >= 11 is 0. The maximum Gasteiger partial charge on any atom is 0.251 e. The minimum Gasteiger partial charge on any atom is -0.354 e. The molecular formula is C21H29N5O5S2. The van der Waals surface area contributed by atoms with Gasteiger partial charge in [-0.3, -0.25) is 4.79 Å². The summed E-state index contributed by atoms with van der Waals surface area (Å²) < 4.78 is 52.1. The van der Waals surface area contributed by atoms with E-state index in [-0.39, 0.29) is 29.5 Å². The summed E-state index contributed by atoms with van der Waals surface area (Å²) in [4.78, 5) is 18.7. The Morgan fingerprint density at radius 2 is 1.67 bits per heavy atom. The van der Waals surface area contributed by atoms with E-state index in [0.29, 0.717) is 31.7 Å². The molecule has 2 heterocycles. The lowest BCUT2D eigenvalue weighted by Crippen LogP contribution is -2.49. The molecule has 12 heteroatoms. The van der Waals surface area contributed by atoms with E-state index in [1.807, 2.05) is 18.2 Å². The first-order valence-corrected chi connectivity index (χ1v) is 13.6. The summed E-state index contributed by atoms with van der Waals surface area (Å²) in [6, 6.07) is 11.3. The number of carbonyl (C=O) groups excluding carboxylic acids is 1. The molecule has 1 saturated heterocycles. The van der Waals surface area contributed by atoms with Gasteiger partial charge in [-0.2, -0.15) is 4.31 Å². The number of rotatable bonds is 9. The van der Waals surface area contributed by atoms with Crippen LogP contribution >= 0.6 is 0 Å². The highest BCUT2D eigenvalue weighted by molar-refractivity contribution is 7.89. The van der Waals surface area contributed by atoms with Crippen molar-refractivity contribution in [3.05, 3.63) is 54.2 Å². The van der Waals surface area contributed by atoms with Crippen LogP contribution in [-0.2, 0) is 20.0 Å². The third-order valence-corrected chi connectivity index (χ3v) is 9.15. The molecular weight excluding hydrogens is 466 g/mol. The number of pyridine rings is 1. The maximum absolute atomic E-state index is 12.6. The number of amides is 1. The normalized spacial score (nSPS) is 15.5. The molecule has 1 aromatic carbocycles. The van der Waals surface area contributed by atoms with E-state index in [1.165, 1.54) is 42.7 Å². The molecule has 1 amide bonds. The standard InChI is InChI=1S/C21H29N5O5S2/c1-24(2)33(30,31)19-9-7-18(8-10-19)21(27)23-12-5-17-32(28,29)26-15-13-25(14-16-26)20-6-3-4-11-22-20/h3-4,6-11H,5,12-17H2,1-2H3,(H,23,27). The summed E-state index contributed by atoms with van der Waals surface area (Å²) in [7, 11) is -4.11. The lowest BCUT2D eigenvalue weighted by atomic mass is 10.2. The third kappa shape index (κ3) is 6.28. The molecule has 10 nitrogen and oxygen atoms in total. The number of aromatic nitrogens is 1. The van der Waals surface area contributed by atoms with Gasteiger partial charge in [0.1, 0.15) is 5.82 Å². The van der Waals surface area contributed by atoms with Crippen LogP contribution in [0, 0.1) is 0 Å². The lowest BCUT2D eigenvalue weighted by Gasteiger charge is -2.34. The maximum atomic E-state index is 12.6. The van der Waals surface area contributed by atoms with Gasteiger partial charge in [-0.05, 0) is 42.8 Å². The first-order valence-electron chi connectivity index (χ1n) is 10.6. The van der Waals surface area contributed by atoms with Gasteiger partial charge in [0.15, 0.2) is 0 Å². The van der Waals surface area contributed by atoms with Gasteiger partial charge < -0.3 is 10.2 Å². The Labute approximate surface area is 195 Å². The molecule has 0 saturated carbocycles. The van der Waals surface area contributed by atoms with Gasteiger partial charge in [0, 0.05) is 58.6 Å². The second-order valence-electron chi connectivity index (χ2n) is 7.81. The fourth-order valence-electron chi connectivity index (χ4n) is 3.41. The zero-order valence-electron chi connectivity index (χ0n) is 18.7. The van der Waals surface area contributed by atoms with Crippen LogP contribution in [0.3, 0.4) is 0 Å². The van der Waals surface area contributed by atoms with E-state index in [4.69, 9.17) is 0 Å². The van der Waals surface area contributed by atoms with E-state index >= 15 is 0 Å². The van der Waals surface area contributed by atoms with E-state index < -0.39 is 20.0 Å². The highest BCUT2D eigenvalue weighted by Crippen LogP contribution is 2.16. The van der Waals surface area contributed by atoms with Crippen molar-refractivity contribution in [3.8, 4) is 0 Å². The predicted molar refractivity (Wildman–Crippen MR) is 126 cm³/mol. The molecule has 0 unspecified atom stereocenters. The molecule has 33 heavy (non-hydrogen) atoms. The quantitative estimate of drug-likeness (QED) is 0.506. The largest absolute Gasteiger partial charge is 0.354 e. The molecule has 0 spiro atoms. The van der Waals surface area contributed by atoms with Crippen LogP contribution in [-0.4, -0.2) is 88.9 Å². The number of benzene rings is 1. The Morgan fingerprint density at radius 3 is 2.24 bits per heavy atom. The van der Waals surface area contributed by atoms with Gasteiger partial charge in [-0.25, -0.2) is 26.1 Å². The van der Waals surface area contributed by atoms with Gasteiger partial charge in [0.2, 0.25) is 20.0 Å². The number of hydrogen-bond acceptors (Lipinski definition) is 7. The van der Waals surface area contributed by atoms with Crippen molar-refractivity contribution in [1.82, 2.24) is 18.9 Å². The Morgan fingerprint density at radius 1 is 1.00 bits per heavy atom. The lowest BCUT2D eigenvalue weighted by molar-refractivity contribution is 0.0953. The van der Waals surface area contributed by atoms with Crippen LogP contribution < -0.4 is 10.2 Å². The van der Waals surface area contributed by atoms with Crippen molar-refractivity contribution in [3.63, 3.8) is 0 Å². The Hall–Kier alpha value is -2.54. The van der Waals surface area contributed by atoms with Crippen molar-refractivity contribution >= 4 is 31.8 Å². The van der Waals surface area contributed by atoms with Gasteiger partial charge in [0.05, 0.1) is 10.6 Å². The van der Waals surface area contributed by atoms with Crippen molar-refractivity contribution < 1.29 is 21.6 Å². The number of anilines is 1. The number of nitrogens with zero attached hydrogens (tertiary/aromatic N) is 4. The fourth-order valence-corrected chi connectivity index (χ4v) is 5.80. The third-order valence-electron chi connectivity index (χ3n) is 5.37.